The maximum atomic E-state index is 6.08. The number of halogens is 6. The lowest BCUT2D eigenvalue weighted by atomic mass is 10.1. The molecule has 1 aromatic rings. The van der Waals surface area contributed by atoms with Gasteiger partial charge in [-0.05, 0) is 17.7 Å². The fourth-order valence-corrected chi connectivity index (χ4v) is 2.07. The van der Waals surface area contributed by atoms with Gasteiger partial charge in [-0.25, -0.2) is 0 Å². The zero-order valence-electron chi connectivity index (χ0n) is 7.73. The van der Waals surface area contributed by atoms with Crippen LogP contribution in [-0.2, 0) is 0 Å². The molecule has 0 bridgehead atoms. The quantitative estimate of drug-likeness (QED) is 0.588. The Morgan fingerprint density at radius 3 is 1.75 bits per heavy atom. The molecule has 0 radical (unpaired) electrons. The molecule has 0 aliphatic rings. The molecule has 90 valence electrons. The first-order chi connectivity index (χ1) is 7.16. The van der Waals surface area contributed by atoms with Crippen molar-refractivity contribution in [3.63, 3.8) is 0 Å². The number of nitrogen functional groups attached to an aromatic ring is 1. The van der Waals surface area contributed by atoms with Crippen LogP contribution in [0.15, 0.2) is 24.3 Å². The van der Waals surface area contributed by atoms with Crippen LogP contribution in [0.1, 0.15) is 10.9 Å². The Morgan fingerprint density at radius 1 is 0.938 bits per heavy atom. The lowest BCUT2D eigenvalue weighted by Crippen LogP contribution is -2.35. The summed E-state index contributed by atoms with van der Waals surface area (Å²) < 4.78 is -3.64. The van der Waals surface area contributed by atoms with E-state index in [0.717, 1.165) is 0 Å². The Labute approximate surface area is 124 Å². The number of anilines is 1. The predicted molar refractivity (Wildman–Crippen MR) is 74.2 cm³/mol. The van der Waals surface area contributed by atoms with Crippen LogP contribution in [0.5, 0.6) is 0 Å². The average molecular weight is 342 g/mol. The van der Waals surface area contributed by atoms with Crippen molar-refractivity contribution in [3.8, 4) is 0 Å². The van der Waals surface area contributed by atoms with Crippen molar-refractivity contribution in [1.29, 1.82) is 0 Å². The predicted octanol–water partition coefficient (Wildman–Crippen LogP) is 5.09. The second-order valence-electron chi connectivity index (χ2n) is 3.15. The van der Waals surface area contributed by atoms with Crippen molar-refractivity contribution in [2.75, 3.05) is 5.73 Å². The maximum Gasteiger partial charge on any atom is 0.224 e. The Hall–Kier alpha value is 0.760. The summed E-state index contributed by atoms with van der Waals surface area (Å²) in [6.45, 7) is 0. The zero-order chi connectivity index (χ0) is 12.6. The molecule has 0 fully saturated rings. The molecule has 0 amide bonds. The van der Waals surface area contributed by atoms with E-state index in [0.29, 0.717) is 11.3 Å². The first kappa shape index (κ1) is 14.8. The topological polar surface area (TPSA) is 26.0 Å². The molecule has 1 aromatic carbocycles. The first-order valence-electron chi connectivity index (χ1n) is 4.10. The number of rotatable bonds is 2. The van der Waals surface area contributed by atoms with Gasteiger partial charge in [-0.2, -0.15) is 0 Å². The van der Waals surface area contributed by atoms with Crippen molar-refractivity contribution in [2.24, 2.45) is 0 Å². The molecule has 2 N–H and O–H groups in total. The standard InChI is InChI=1S/C9H7Cl6N/c10-7(8(11,12)9(13,14)15)5-1-3-6(16)4-2-5/h1-4,7H,16H2. The third kappa shape index (κ3) is 3.16. The molecule has 0 spiro atoms. The first-order valence-corrected chi connectivity index (χ1v) is 6.43. The molecular weight excluding hydrogens is 335 g/mol. The summed E-state index contributed by atoms with van der Waals surface area (Å²) in [6.07, 6.45) is 0. The molecule has 0 aromatic heterocycles. The summed E-state index contributed by atoms with van der Waals surface area (Å²) in [6, 6.07) is 6.66. The van der Waals surface area contributed by atoms with E-state index in [4.69, 9.17) is 75.3 Å². The molecule has 0 aliphatic carbocycles. The van der Waals surface area contributed by atoms with Crippen molar-refractivity contribution in [3.05, 3.63) is 29.8 Å². The highest BCUT2D eigenvalue weighted by Crippen LogP contribution is 2.55. The van der Waals surface area contributed by atoms with Crippen LogP contribution >= 0.6 is 69.6 Å². The van der Waals surface area contributed by atoms with E-state index in [1.807, 2.05) is 0 Å². The maximum absolute atomic E-state index is 6.08. The summed E-state index contributed by atoms with van der Waals surface area (Å²) in [7, 11) is 0. The lowest BCUT2D eigenvalue weighted by molar-refractivity contribution is 0.759. The summed E-state index contributed by atoms with van der Waals surface area (Å²) in [5.41, 5.74) is 6.75. The van der Waals surface area contributed by atoms with E-state index in [2.05, 4.69) is 0 Å². The van der Waals surface area contributed by atoms with Gasteiger partial charge < -0.3 is 5.73 Å². The van der Waals surface area contributed by atoms with Gasteiger partial charge in [-0.3, -0.25) is 0 Å². The average Bonchev–Trinajstić information content (AvgIpc) is 2.16. The van der Waals surface area contributed by atoms with Gasteiger partial charge in [0.05, 0.1) is 5.38 Å². The van der Waals surface area contributed by atoms with Gasteiger partial charge in [0.25, 0.3) is 0 Å². The minimum absolute atomic E-state index is 0.594. The highest BCUT2D eigenvalue weighted by molar-refractivity contribution is 6.76. The summed E-state index contributed by atoms with van der Waals surface area (Å²) in [4.78, 5) is 0. The van der Waals surface area contributed by atoms with Crippen LogP contribution < -0.4 is 5.73 Å². The van der Waals surface area contributed by atoms with Crippen LogP contribution in [0.2, 0.25) is 0 Å². The SMILES string of the molecule is Nc1ccc(C(Cl)C(Cl)(Cl)C(Cl)(Cl)Cl)cc1. The van der Waals surface area contributed by atoms with Crippen LogP contribution in [0.4, 0.5) is 5.69 Å². The third-order valence-corrected chi connectivity index (χ3v) is 5.21. The van der Waals surface area contributed by atoms with E-state index in [1.54, 1.807) is 24.3 Å². The smallest absolute Gasteiger partial charge is 0.224 e. The second-order valence-corrected chi connectivity index (χ2v) is 7.25. The summed E-state index contributed by atoms with van der Waals surface area (Å²) >= 11 is 34.9. The normalized spacial score (nSPS) is 14.9. The van der Waals surface area contributed by atoms with Crippen molar-refractivity contribution < 1.29 is 0 Å². The fraction of sp³-hybridized carbons (Fsp3) is 0.333. The van der Waals surface area contributed by atoms with Crippen molar-refractivity contribution in [1.82, 2.24) is 0 Å². The molecule has 1 rings (SSSR count). The molecule has 16 heavy (non-hydrogen) atoms. The molecule has 0 saturated carbocycles. The highest BCUT2D eigenvalue weighted by atomic mass is 35.6. The van der Waals surface area contributed by atoms with Gasteiger partial charge in [-0.1, -0.05) is 70.1 Å². The third-order valence-electron chi connectivity index (χ3n) is 1.93. The Balaban J connectivity index is 3.02. The second kappa shape index (κ2) is 5.17. The van der Waals surface area contributed by atoms with Gasteiger partial charge in [0, 0.05) is 5.69 Å². The van der Waals surface area contributed by atoms with Crippen molar-refractivity contribution in [2.45, 2.75) is 13.5 Å². The highest BCUT2D eigenvalue weighted by Gasteiger charge is 2.51. The van der Waals surface area contributed by atoms with E-state index < -0.39 is 13.5 Å². The molecule has 1 unspecified atom stereocenters. The van der Waals surface area contributed by atoms with Crippen LogP contribution in [-0.4, -0.2) is 8.13 Å². The number of nitrogens with two attached hydrogens (primary N) is 1. The minimum atomic E-state index is -1.90. The Bertz CT molecular complexity index is 355. The van der Waals surface area contributed by atoms with Gasteiger partial charge >= 0.3 is 0 Å². The van der Waals surface area contributed by atoms with E-state index in [1.165, 1.54) is 0 Å². The van der Waals surface area contributed by atoms with Gasteiger partial charge in [0.1, 0.15) is 0 Å². The van der Waals surface area contributed by atoms with E-state index >= 15 is 0 Å². The summed E-state index contributed by atoms with van der Waals surface area (Å²) in [5.74, 6) is 0. The molecule has 0 saturated heterocycles. The number of benzene rings is 1. The van der Waals surface area contributed by atoms with Crippen LogP contribution in [0.3, 0.4) is 0 Å². The Morgan fingerprint density at radius 2 is 1.38 bits per heavy atom. The number of alkyl halides is 6. The fourth-order valence-electron chi connectivity index (χ4n) is 1.02. The van der Waals surface area contributed by atoms with Gasteiger partial charge in [-0.15, -0.1) is 11.6 Å². The Kier molecular flexibility index (Phi) is 4.79. The van der Waals surface area contributed by atoms with Gasteiger partial charge in [0.2, 0.25) is 3.79 Å². The van der Waals surface area contributed by atoms with Crippen LogP contribution in [0.25, 0.3) is 0 Å². The van der Waals surface area contributed by atoms with Crippen molar-refractivity contribution >= 4 is 75.3 Å². The zero-order valence-corrected chi connectivity index (χ0v) is 12.3. The minimum Gasteiger partial charge on any atom is -0.399 e. The van der Waals surface area contributed by atoms with E-state index in [9.17, 15) is 0 Å². The molecule has 0 aliphatic heterocycles. The van der Waals surface area contributed by atoms with Crippen LogP contribution in [0, 0.1) is 0 Å². The molecule has 0 heterocycles. The van der Waals surface area contributed by atoms with E-state index in [-0.39, 0.29) is 0 Å². The number of hydrogen-bond donors (Lipinski definition) is 1. The monoisotopic (exact) mass is 339 g/mol. The van der Waals surface area contributed by atoms with Gasteiger partial charge in [0.15, 0.2) is 4.33 Å². The molecular formula is C9H7Cl6N. The lowest BCUT2D eigenvalue weighted by Gasteiger charge is -2.31. The summed E-state index contributed by atoms with van der Waals surface area (Å²) in [5, 5.41) is -0.871. The molecule has 1 nitrogen and oxygen atoms in total. The number of hydrogen-bond acceptors (Lipinski definition) is 1. The molecule has 1 atom stereocenters. The largest absolute Gasteiger partial charge is 0.399 e. The molecule has 7 heteroatoms.